The number of methoxy groups -OCH3 is 1. The molecule has 0 amide bonds. The maximum absolute atomic E-state index is 12.0. The Labute approximate surface area is 175 Å². The van der Waals surface area contributed by atoms with Crippen molar-refractivity contribution in [3.8, 4) is 27.0 Å². The minimum atomic E-state index is -0.340. The molecule has 3 aromatic heterocycles. The fourth-order valence-electron chi connectivity index (χ4n) is 2.62. The van der Waals surface area contributed by atoms with Gasteiger partial charge in [-0.15, -0.1) is 22.7 Å². The number of carbonyl (C=O) groups excluding carboxylic acids is 1. The highest BCUT2D eigenvalue weighted by molar-refractivity contribution is 7.13. The minimum absolute atomic E-state index is 0.120. The van der Waals surface area contributed by atoms with E-state index < -0.39 is 0 Å². The summed E-state index contributed by atoms with van der Waals surface area (Å²) in [7, 11) is 1.63. The molecule has 9 heteroatoms. The molecule has 0 fully saturated rings. The van der Waals surface area contributed by atoms with Crippen LogP contribution in [0.15, 0.2) is 51.7 Å². The van der Waals surface area contributed by atoms with Crippen LogP contribution in [0.5, 0.6) is 5.75 Å². The van der Waals surface area contributed by atoms with Crippen molar-refractivity contribution in [1.29, 1.82) is 0 Å². The van der Waals surface area contributed by atoms with Crippen LogP contribution in [-0.4, -0.2) is 28.2 Å². The Balaban J connectivity index is 1.29. The molecule has 0 saturated heterocycles. The number of carbonyl (C=O) groups is 1. The monoisotopic (exact) mass is 427 g/mol. The van der Waals surface area contributed by atoms with Gasteiger partial charge in [-0.05, 0) is 23.6 Å². The van der Waals surface area contributed by atoms with Crippen molar-refractivity contribution in [2.75, 3.05) is 7.11 Å². The molecule has 0 atom stereocenters. The summed E-state index contributed by atoms with van der Waals surface area (Å²) in [6, 6.07) is 11.5. The minimum Gasteiger partial charge on any atom is -0.496 e. The van der Waals surface area contributed by atoms with Crippen LogP contribution < -0.4 is 4.74 Å². The van der Waals surface area contributed by atoms with Gasteiger partial charge in [0.05, 0.1) is 29.7 Å². The molecular formula is C20H17N3O4S2. The van der Waals surface area contributed by atoms with Crippen LogP contribution in [-0.2, 0) is 22.6 Å². The van der Waals surface area contributed by atoms with Crippen molar-refractivity contribution in [1.82, 2.24) is 15.1 Å². The van der Waals surface area contributed by atoms with Gasteiger partial charge in [0.1, 0.15) is 17.4 Å². The summed E-state index contributed by atoms with van der Waals surface area (Å²) in [6.45, 7) is 0.120. The zero-order valence-electron chi connectivity index (χ0n) is 15.5. The second kappa shape index (κ2) is 8.97. The number of thiazole rings is 1. The lowest BCUT2D eigenvalue weighted by Crippen LogP contribution is -2.06. The highest BCUT2D eigenvalue weighted by Gasteiger charge is 2.14. The zero-order valence-corrected chi connectivity index (χ0v) is 17.2. The number of hydrogen-bond donors (Lipinski definition) is 0. The highest BCUT2D eigenvalue weighted by atomic mass is 32.1. The molecule has 0 aliphatic carbocycles. The fraction of sp³-hybridized carbons (Fsp3) is 0.200. The number of benzene rings is 1. The lowest BCUT2D eigenvalue weighted by molar-refractivity contribution is -0.145. The molecule has 0 N–H and O–H groups in total. The normalized spacial score (nSPS) is 10.8. The van der Waals surface area contributed by atoms with Gasteiger partial charge in [0.2, 0.25) is 11.7 Å². The van der Waals surface area contributed by atoms with E-state index in [0.717, 1.165) is 21.2 Å². The first-order valence-corrected chi connectivity index (χ1v) is 10.6. The van der Waals surface area contributed by atoms with Crippen molar-refractivity contribution < 1.29 is 18.8 Å². The first kappa shape index (κ1) is 19.3. The summed E-state index contributed by atoms with van der Waals surface area (Å²) < 4.78 is 15.9. The predicted molar refractivity (Wildman–Crippen MR) is 110 cm³/mol. The third-order valence-electron chi connectivity index (χ3n) is 4.02. The average Bonchev–Trinajstić information content (AvgIpc) is 3.52. The molecule has 0 aliphatic rings. The van der Waals surface area contributed by atoms with Gasteiger partial charge in [-0.1, -0.05) is 23.4 Å². The molecule has 4 aromatic rings. The Hall–Kier alpha value is -3.04. The van der Waals surface area contributed by atoms with Crippen molar-refractivity contribution in [3.63, 3.8) is 0 Å². The summed E-state index contributed by atoms with van der Waals surface area (Å²) in [4.78, 5) is 21.8. The van der Waals surface area contributed by atoms with Gasteiger partial charge in [0.15, 0.2) is 0 Å². The van der Waals surface area contributed by atoms with Gasteiger partial charge in [-0.3, -0.25) is 4.79 Å². The van der Waals surface area contributed by atoms with Crippen LogP contribution in [0.3, 0.4) is 0 Å². The van der Waals surface area contributed by atoms with Crippen LogP contribution >= 0.6 is 22.7 Å². The topological polar surface area (TPSA) is 87.3 Å². The number of para-hydroxylation sites is 1. The molecule has 0 radical (unpaired) electrons. The van der Waals surface area contributed by atoms with E-state index in [4.69, 9.17) is 14.0 Å². The van der Waals surface area contributed by atoms with E-state index in [1.807, 2.05) is 47.2 Å². The molecule has 7 nitrogen and oxygen atoms in total. The number of esters is 1. The number of nitrogens with zero attached hydrogens (tertiary/aromatic N) is 3. The molecule has 1 aromatic carbocycles. The Morgan fingerprint density at radius 2 is 2.03 bits per heavy atom. The molecule has 3 heterocycles. The second-order valence-corrected chi connectivity index (χ2v) is 7.80. The molecule has 29 heavy (non-hydrogen) atoms. The summed E-state index contributed by atoms with van der Waals surface area (Å²) >= 11 is 3.01. The Morgan fingerprint density at radius 1 is 1.14 bits per heavy atom. The molecule has 0 saturated carbocycles. The molecule has 0 unspecified atom stereocenters. The zero-order chi connectivity index (χ0) is 20.1. The number of aromatic nitrogens is 3. The molecule has 0 bridgehead atoms. The van der Waals surface area contributed by atoms with Crippen LogP contribution in [0, 0.1) is 0 Å². The lowest BCUT2D eigenvalue weighted by atomic mass is 10.2. The van der Waals surface area contributed by atoms with Crippen LogP contribution in [0.1, 0.15) is 18.0 Å². The van der Waals surface area contributed by atoms with Gasteiger partial charge >= 0.3 is 5.97 Å². The second-order valence-electron chi connectivity index (χ2n) is 5.99. The van der Waals surface area contributed by atoms with Gasteiger partial charge in [-0.25, -0.2) is 4.98 Å². The molecule has 148 valence electrons. The van der Waals surface area contributed by atoms with Crippen LogP contribution in [0.2, 0.25) is 0 Å². The van der Waals surface area contributed by atoms with Gasteiger partial charge in [0.25, 0.3) is 0 Å². The van der Waals surface area contributed by atoms with E-state index in [0.29, 0.717) is 23.8 Å². The first-order valence-electron chi connectivity index (χ1n) is 8.83. The smallest absolute Gasteiger partial charge is 0.306 e. The van der Waals surface area contributed by atoms with E-state index in [1.54, 1.807) is 7.11 Å². The largest absolute Gasteiger partial charge is 0.496 e. The maximum atomic E-state index is 12.0. The summed E-state index contributed by atoms with van der Waals surface area (Å²) in [5, 5.41) is 8.57. The molecular weight excluding hydrogens is 410 g/mol. The summed E-state index contributed by atoms with van der Waals surface area (Å²) in [5.74, 6) is 1.37. The van der Waals surface area contributed by atoms with E-state index in [1.165, 1.54) is 22.7 Å². The lowest BCUT2D eigenvalue weighted by Gasteiger charge is -2.04. The standard InChI is InChI=1S/C20H17N3O4S2/c1-25-15-6-3-2-5-14(15)20-21-13(12-29-20)11-26-18(24)9-8-17-22-19(23-27-17)16-7-4-10-28-16/h2-7,10,12H,8-9,11H2,1H3. The van der Waals surface area contributed by atoms with E-state index in [2.05, 4.69) is 15.1 Å². The third kappa shape index (κ3) is 4.69. The Morgan fingerprint density at radius 3 is 2.86 bits per heavy atom. The average molecular weight is 428 g/mol. The predicted octanol–water partition coefficient (Wildman–Crippen LogP) is 4.61. The summed E-state index contributed by atoms with van der Waals surface area (Å²) in [6.07, 6.45) is 0.496. The van der Waals surface area contributed by atoms with Gasteiger partial charge < -0.3 is 14.0 Å². The molecule has 4 rings (SSSR count). The molecule has 0 aliphatic heterocycles. The van der Waals surface area contributed by atoms with Gasteiger partial charge in [-0.2, -0.15) is 4.98 Å². The van der Waals surface area contributed by atoms with Crippen molar-refractivity contribution >= 4 is 28.6 Å². The number of hydrogen-bond acceptors (Lipinski definition) is 9. The number of rotatable bonds is 8. The molecule has 0 spiro atoms. The quantitative estimate of drug-likeness (QED) is 0.380. The van der Waals surface area contributed by atoms with Crippen molar-refractivity contribution in [2.45, 2.75) is 19.4 Å². The SMILES string of the molecule is COc1ccccc1-c1nc(COC(=O)CCc2nc(-c3cccs3)no2)cs1. The highest BCUT2D eigenvalue weighted by Crippen LogP contribution is 2.32. The fourth-order valence-corrected chi connectivity index (χ4v) is 4.10. The number of ether oxygens (including phenoxy) is 2. The van der Waals surface area contributed by atoms with Crippen molar-refractivity contribution in [2.24, 2.45) is 0 Å². The third-order valence-corrected chi connectivity index (χ3v) is 5.81. The van der Waals surface area contributed by atoms with E-state index >= 15 is 0 Å². The van der Waals surface area contributed by atoms with Crippen LogP contribution in [0.4, 0.5) is 0 Å². The van der Waals surface area contributed by atoms with E-state index in [-0.39, 0.29) is 19.0 Å². The van der Waals surface area contributed by atoms with Crippen LogP contribution in [0.25, 0.3) is 21.3 Å². The Kier molecular flexibility index (Phi) is 5.97. The first-order chi connectivity index (χ1) is 14.2. The number of thiophene rings is 1. The maximum Gasteiger partial charge on any atom is 0.306 e. The van der Waals surface area contributed by atoms with E-state index in [9.17, 15) is 4.79 Å². The number of aryl methyl sites for hydroxylation is 1. The van der Waals surface area contributed by atoms with Crippen molar-refractivity contribution in [3.05, 3.63) is 58.7 Å². The van der Waals surface area contributed by atoms with Gasteiger partial charge in [0, 0.05) is 11.8 Å². The Bertz CT molecular complexity index is 1090. The summed E-state index contributed by atoms with van der Waals surface area (Å²) in [5.41, 5.74) is 1.61.